The molecule has 124 valence electrons. The van der Waals surface area contributed by atoms with Gasteiger partial charge in [-0.2, -0.15) is 0 Å². The molecule has 0 saturated heterocycles. The van der Waals surface area contributed by atoms with E-state index in [0.717, 1.165) is 21.1 Å². The molecular weight excluding hydrogens is 383 g/mol. The van der Waals surface area contributed by atoms with Crippen molar-refractivity contribution in [3.05, 3.63) is 82.1 Å². The van der Waals surface area contributed by atoms with Crippen molar-refractivity contribution >= 4 is 43.6 Å². The number of amides is 1. The van der Waals surface area contributed by atoms with Crippen molar-refractivity contribution in [1.29, 1.82) is 0 Å². The van der Waals surface area contributed by atoms with Crippen molar-refractivity contribution < 1.29 is 9.18 Å². The van der Waals surface area contributed by atoms with Gasteiger partial charge in [0.05, 0.1) is 5.52 Å². The number of benzene rings is 3. The molecule has 0 unspecified atom stereocenters. The molecule has 1 amide bonds. The summed E-state index contributed by atoms with van der Waals surface area (Å²) >= 11 is 3.49. The zero-order valence-corrected chi connectivity index (χ0v) is 14.8. The summed E-state index contributed by atoms with van der Waals surface area (Å²) in [7, 11) is 0. The number of carbonyl (C=O) groups is 1. The van der Waals surface area contributed by atoms with Gasteiger partial charge in [-0.25, -0.2) is 4.39 Å². The van der Waals surface area contributed by atoms with Crippen LogP contribution in [0.2, 0.25) is 0 Å². The van der Waals surface area contributed by atoms with Gasteiger partial charge in [0, 0.05) is 32.9 Å². The Kier molecular flexibility index (Phi) is 3.81. The van der Waals surface area contributed by atoms with Crippen LogP contribution >= 0.6 is 15.9 Å². The molecule has 0 aliphatic rings. The number of hydrogen-bond acceptors (Lipinski definition) is 1. The first-order valence-electron chi connectivity index (χ1n) is 7.79. The number of nitrogens with two attached hydrogens (primary N) is 1. The fourth-order valence-corrected chi connectivity index (χ4v) is 3.76. The molecule has 0 aliphatic heterocycles. The minimum atomic E-state index is -0.517. The van der Waals surface area contributed by atoms with Crippen molar-refractivity contribution in [2.75, 3.05) is 0 Å². The van der Waals surface area contributed by atoms with Crippen LogP contribution in [0.5, 0.6) is 0 Å². The maximum absolute atomic E-state index is 13.9. The Bertz CT molecular complexity index is 1130. The lowest BCUT2D eigenvalue weighted by Crippen LogP contribution is -2.11. The predicted octanol–water partition coefficient (Wildman–Crippen LogP) is 4.84. The zero-order valence-electron chi connectivity index (χ0n) is 13.2. The predicted molar refractivity (Wildman–Crippen MR) is 101 cm³/mol. The van der Waals surface area contributed by atoms with Crippen molar-refractivity contribution in [1.82, 2.24) is 4.57 Å². The Balaban J connectivity index is 2.05. The summed E-state index contributed by atoms with van der Waals surface area (Å²) in [5, 5.41) is 1.39. The number of primary amides is 1. The molecule has 0 bridgehead atoms. The highest BCUT2D eigenvalue weighted by Crippen LogP contribution is 2.33. The van der Waals surface area contributed by atoms with E-state index >= 15 is 0 Å². The SMILES string of the molecule is NC(=O)c1cccc2c1c1cc(F)ccc1n2Cc1cccc(Br)c1. The van der Waals surface area contributed by atoms with Gasteiger partial charge < -0.3 is 10.3 Å². The zero-order chi connectivity index (χ0) is 17.6. The molecule has 0 spiro atoms. The largest absolute Gasteiger partial charge is 0.366 e. The molecular formula is C20H14BrFN2O. The topological polar surface area (TPSA) is 48.0 Å². The van der Waals surface area contributed by atoms with Gasteiger partial charge in [0.15, 0.2) is 0 Å². The molecule has 25 heavy (non-hydrogen) atoms. The van der Waals surface area contributed by atoms with E-state index in [0.29, 0.717) is 22.9 Å². The van der Waals surface area contributed by atoms with Crippen LogP contribution in [0.15, 0.2) is 65.1 Å². The second-order valence-electron chi connectivity index (χ2n) is 5.94. The van der Waals surface area contributed by atoms with E-state index in [4.69, 9.17) is 5.73 Å². The van der Waals surface area contributed by atoms with Crippen molar-refractivity contribution in [2.45, 2.75) is 6.54 Å². The monoisotopic (exact) mass is 396 g/mol. The first-order chi connectivity index (χ1) is 12.0. The third-order valence-electron chi connectivity index (χ3n) is 4.35. The number of rotatable bonds is 3. The highest BCUT2D eigenvalue weighted by Gasteiger charge is 2.17. The van der Waals surface area contributed by atoms with Gasteiger partial charge in [0.25, 0.3) is 0 Å². The normalized spacial score (nSPS) is 11.3. The molecule has 5 heteroatoms. The number of nitrogens with zero attached hydrogens (tertiary/aromatic N) is 1. The number of aromatic nitrogens is 1. The molecule has 0 aliphatic carbocycles. The van der Waals surface area contributed by atoms with E-state index in [-0.39, 0.29) is 5.82 Å². The highest BCUT2D eigenvalue weighted by atomic mass is 79.9. The van der Waals surface area contributed by atoms with Crippen LogP contribution in [0, 0.1) is 5.82 Å². The Morgan fingerprint density at radius 2 is 1.84 bits per heavy atom. The molecule has 3 nitrogen and oxygen atoms in total. The van der Waals surface area contributed by atoms with Crippen LogP contribution < -0.4 is 5.73 Å². The maximum atomic E-state index is 13.9. The average molecular weight is 397 g/mol. The number of carbonyl (C=O) groups excluding carboxylic acids is 1. The Labute approximate surface area is 152 Å². The van der Waals surface area contributed by atoms with Gasteiger partial charge in [0.1, 0.15) is 5.82 Å². The molecule has 0 fully saturated rings. The minimum Gasteiger partial charge on any atom is -0.366 e. The summed E-state index contributed by atoms with van der Waals surface area (Å²) in [5.41, 5.74) is 8.77. The Morgan fingerprint density at radius 1 is 1.04 bits per heavy atom. The summed E-state index contributed by atoms with van der Waals surface area (Å²) in [4.78, 5) is 11.9. The van der Waals surface area contributed by atoms with Crippen molar-refractivity contribution in [3.63, 3.8) is 0 Å². The van der Waals surface area contributed by atoms with Gasteiger partial charge in [-0.15, -0.1) is 0 Å². The smallest absolute Gasteiger partial charge is 0.249 e. The lowest BCUT2D eigenvalue weighted by atomic mass is 10.1. The summed E-state index contributed by atoms with van der Waals surface area (Å²) in [6, 6.07) is 18.1. The second kappa shape index (κ2) is 6.01. The summed E-state index contributed by atoms with van der Waals surface area (Å²) < 4.78 is 16.9. The second-order valence-corrected chi connectivity index (χ2v) is 6.86. The third-order valence-corrected chi connectivity index (χ3v) is 4.84. The van der Waals surface area contributed by atoms with Crippen LogP contribution in [0.1, 0.15) is 15.9 Å². The molecule has 0 atom stereocenters. The molecule has 1 heterocycles. The number of hydrogen-bond donors (Lipinski definition) is 1. The van der Waals surface area contributed by atoms with E-state index < -0.39 is 5.91 Å². The summed E-state index contributed by atoms with van der Waals surface area (Å²) in [5.74, 6) is -0.857. The lowest BCUT2D eigenvalue weighted by molar-refractivity contribution is 0.100. The molecule has 2 N–H and O–H groups in total. The minimum absolute atomic E-state index is 0.340. The average Bonchev–Trinajstić information content (AvgIpc) is 2.88. The van der Waals surface area contributed by atoms with Crippen molar-refractivity contribution in [2.24, 2.45) is 5.73 Å². The summed E-state index contributed by atoms with van der Waals surface area (Å²) in [6.07, 6.45) is 0. The van der Waals surface area contributed by atoms with Gasteiger partial charge >= 0.3 is 0 Å². The number of fused-ring (bicyclic) bond motifs is 3. The van der Waals surface area contributed by atoms with Gasteiger partial charge in [-0.05, 0) is 48.0 Å². The molecule has 4 rings (SSSR count). The number of halogens is 2. The third kappa shape index (κ3) is 2.70. The molecule has 4 aromatic rings. The van der Waals surface area contributed by atoms with E-state index in [9.17, 15) is 9.18 Å². The van der Waals surface area contributed by atoms with Crippen molar-refractivity contribution in [3.8, 4) is 0 Å². The fraction of sp³-hybridized carbons (Fsp3) is 0.0500. The first kappa shape index (κ1) is 15.8. The van der Waals surface area contributed by atoms with Crippen LogP contribution in [0.3, 0.4) is 0 Å². The van der Waals surface area contributed by atoms with Crippen LogP contribution in [-0.4, -0.2) is 10.5 Å². The maximum Gasteiger partial charge on any atom is 0.249 e. The standard InChI is InChI=1S/C20H14BrFN2O/c21-13-4-1-3-12(9-13)11-24-17-8-7-14(22)10-16(17)19-15(20(23)25)5-2-6-18(19)24/h1-10H,11H2,(H2,23,25). The van der Waals surface area contributed by atoms with Crippen LogP contribution in [0.25, 0.3) is 21.8 Å². The van der Waals surface area contributed by atoms with E-state index in [1.807, 2.05) is 30.3 Å². The van der Waals surface area contributed by atoms with E-state index in [2.05, 4.69) is 20.5 Å². The summed E-state index contributed by atoms with van der Waals surface area (Å²) in [6.45, 7) is 0.604. The molecule has 3 aromatic carbocycles. The van der Waals surface area contributed by atoms with Gasteiger partial charge in [-0.3, -0.25) is 4.79 Å². The molecule has 0 radical (unpaired) electrons. The Hall–Kier alpha value is -2.66. The van der Waals surface area contributed by atoms with Crippen LogP contribution in [0.4, 0.5) is 4.39 Å². The first-order valence-corrected chi connectivity index (χ1v) is 8.58. The Morgan fingerprint density at radius 3 is 2.60 bits per heavy atom. The highest BCUT2D eigenvalue weighted by molar-refractivity contribution is 9.10. The lowest BCUT2D eigenvalue weighted by Gasteiger charge is -2.08. The fourth-order valence-electron chi connectivity index (χ4n) is 3.32. The van der Waals surface area contributed by atoms with Gasteiger partial charge in [0.2, 0.25) is 5.91 Å². The molecule has 1 aromatic heterocycles. The van der Waals surface area contributed by atoms with Crippen LogP contribution in [-0.2, 0) is 6.54 Å². The van der Waals surface area contributed by atoms with E-state index in [1.165, 1.54) is 12.1 Å². The quantitative estimate of drug-likeness (QED) is 0.528. The van der Waals surface area contributed by atoms with E-state index in [1.54, 1.807) is 18.2 Å². The molecule has 0 saturated carbocycles. The van der Waals surface area contributed by atoms with Gasteiger partial charge in [-0.1, -0.05) is 34.1 Å².